The molecule has 0 aromatic carbocycles. The average molecular weight is 515 g/mol. The number of pyridine rings is 3. The molecule has 38 heavy (non-hydrogen) atoms. The highest BCUT2D eigenvalue weighted by molar-refractivity contribution is 6.06. The number of ketones is 1. The van der Waals surface area contributed by atoms with E-state index < -0.39 is 5.60 Å². The van der Waals surface area contributed by atoms with Crippen molar-refractivity contribution in [3.05, 3.63) is 63.8 Å². The number of hydrogen-bond acceptors (Lipinski definition) is 8. The molecule has 198 valence electrons. The zero-order chi connectivity index (χ0) is 27.6. The van der Waals surface area contributed by atoms with Gasteiger partial charge in [-0.25, -0.2) is 4.98 Å². The van der Waals surface area contributed by atoms with Gasteiger partial charge in [-0.1, -0.05) is 11.2 Å². The standard InChI is InChI=1S/C29H34N6O3/c1-18(36)24-27(26-23(35(6)28(24)37)15-12-20(17-30)32-26)34(5)21-13-10-19(11-14-21)25(33-38-29(2,3)4)22-9-7-8-16-31-22/h7-9,12,15-16,19,21H,10-11,13-14H2,1-6H3/b33-25-. The Labute approximate surface area is 222 Å². The Kier molecular flexibility index (Phi) is 7.63. The maximum Gasteiger partial charge on any atom is 0.263 e. The Morgan fingerprint density at radius 2 is 1.89 bits per heavy atom. The third-order valence-corrected chi connectivity index (χ3v) is 7.01. The fourth-order valence-electron chi connectivity index (χ4n) is 5.07. The van der Waals surface area contributed by atoms with Crippen molar-refractivity contribution >= 4 is 28.2 Å². The second-order valence-corrected chi connectivity index (χ2v) is 10.8. The van der Waals surface area contributed by atoms with Crippen LogP contribution in [0.1, 0.15) is 75.1 Å². The number of rotatable bonds is 6. The summed E-state index contributed by atoms with van der Waals surface area (Å²) in [6, 6.07) is 11.2. The molecule has 9 heteroatoms. The number of fused-ring (bicyclic) bond motifs is 1. The summed E-state index contributed by atoms with van der Waals surface area (Å²) < 4.78 is 1.43. The van der Waals surface area contributed by atoms with Gasteiger partial charge in [-0.3, -0.25) is 14.6 Å². The zero-order valence-electron chi connectivity index (χ0n) is 22.9. The van der Waals surface area contributed by atoms with Crippen LogP contribution >= 0.6 is 0 Å². The number of Topliss-reactive ketones (excluding diaryl/α,β-unsaturated/α-hetero) is 1. The number of aromatic nitrogens is 3. The Bertz CT molecular complexity index is 1470. The molecule has 0 unspecified atom stereocenters. The largest absolute Gasteiger partial charge is 0.390 e. The van der Waals surface area contributed by atoms with Crippen molar-refractivity contribution in [2.45, 2.75) is 65.0 Å². The van der Waals surface area contributed by atoms with Crippen LogP contribution in [0.25, 0.3) is 11.0 Å². The van der Waals surface area contributed by atoms with E-state index in [0.717, 1.165) is 37.1 Å². The van der Waals surface area contributed by atoms with Crippen molar-refractivity contribution in [3.8, 4) is 6.07 Å². The van der Waals surface area contributed by atoms with Crippen molar-refractivity contribution < 1.29 is 9.63 Å². The molecule has 0 bridgehead atoms. The highest BCUT2D eigenvalue weighted by Crippen LogP contribution is 2.35. The molecule has 0 spiro atoms. The summed E-state index contributed by atoms with van der Waals surface area (Å²) in [6.45, 7) is 7.29. The molecule has 1 aliphatic rings. The van der Waals surface area contributed by atoms with E-state index in [-0.39, 0.29) is 34.6 Å². The van der Waals surface area contributed by atoms with Crippen LogP contribution in [0.5, 0.6) is 0 Å². The summed E-state index contributed by atoms with van der Waals surface area (Å²) in [4.78, 5) is 42.8. The molecule has 3 heterocycles. The van der Waals surface area contributed by atoms with Gasteiger partial charge < -0.3 is 14.3 Å². The minimum atomic E-state index is -0.420. The third kappa shape index (κ3) is 5.44. The van der Waals surface area contributed by atoms with E-state index in [1.165, 1.54) is 11.5 Å². The van der Waals surface area contributed by atoms with Crippen molar-refractivity contribution in [2.75, 3.05) is 11.9 Å². The average Bonchev–Trinajstić information content (AvgIpc) is 2.90. The minimum Gasteiger partial charge on any atom is -0.390 e. The topological polar surface area (TPSA) is 113 Å². The Morgan fingerprint density at radius 1 is 1.18 bits per heavy atom. The summed E-state index contributed by atoms with van der Waals surface area (Å²) in [5.41, 5.74) is 2.75. The molecule has 1 fully saturated rings. The molecule has 0 N–H and O–H groups in total. The van der Waals surface area contributed by atoms with Crippen molar-refractivity contribution in [1.82, 2.24) is 14.5 Å². The molecule has 3 aromatic rings. The van der Waals surface area contributed by atoms with Crippen LogP contribution in [-0.2, 0) is 11.9 Å². The van der Waals surface area contributed by atoms with Crippen LogP contribution in [0, 0.1) is 17.2 Å². The monoisotopic (exact) mass is 514 g/mol. The van der Waals surface area contributed by atoms with Crippen molar-refractivity contribution in [3.63, 3.8) is 0 Å². The van der Waals surface area contributed by atoms with Gasteiger partial charge in [0.25, 0.3) is 5.56 Å². The SMILES string of the molecule is CC(=O)c1c(N(C)C2CCC(/C(=N/OC(C)(C)C)c3ccccn3)CC2)c2nc(C#N)ccc2n(C)c1=O. The number of carbonyl (C=O) groups excluding carboxylic acids is 1. The van der Waals surface area contributed by atoms with Gasteiger partial charge in [0.05, 0.1) is 16.9 Å². The number of anilines is 1. The molecule has 0 atom stereocenters. The lowest BCUT2D eigenvalue weighted by molar-refractivity contribution is -0.0000742. The maximum absolute atomic E-state index is 13.2. The van der Waals surface area contributed by atoms with Gasteiger partial charge in [0.15, 0.2) is 5.78 Å². The van der Waals surface area contributed by atoms with Crippen LogP contribution < -0.4 is 10.5 Å². The molecule has 4 rings (SSSR count). The number of aryl methyl sites for hydroxylation is 1. The summed E-state index contributed by atoms with van der Waals surface area (Å²) >= 11 is 0. The van der Waals surface area contributed by atoms with E-state index in [4.69, 9.17) is 4.84 Å². The lowest BCUT2D eigenvalue weighted by Crippen LogP contribution is -2.39. The van der Waals surface area contributed by atoms with Gasteiger partial charge in [-0.2, -0.15) is 5.26 Å². The highest BCUT2D eigenvalue weighted by Gasteiger charge is 2.32. The van der Waals surface area contributed by atoms with Crippen LogP contribution in [0.15, 0.2) is 46.5 Å². The molecule has 0 amide bonds. The molecule has 0 radical (unpaired) electrons. The predicted molar refractivity (Wildman–Crippen MR) is 147 cm³/mol. The molecule has 0 aliphatic heterocycles. The minimum absolute atomic E-state index is 0.0701. The number of nitriles is 1. The van der Waals surface area contributed by atoms with E-state index >= 15 is 0 Å². The number of oxime groups is 1. The van der Waals surface area contributed by atoms with E-state index in [9.17, 15) is 14.9 Å². The first-order chi connectivity index (χ1) is 18.0. The molecular formula is C29H34N6O3. The van der Waals surface area contributed by atoms with Crippen LogP contribution in [-0.4, -0.2) is 44.7 Å². The quantitative estimate of drug-likeness (QED) is 0.268. The first kappa shape index (κ1) is 27.0. The van der Waals surface area contributed by atoms with Gasteiger partial charge in [-0.05, 0) is 77.6 Å². The van der Waals surface area contributed by atoms with Crippen molar-refractivity contribution in [2.24, 2.45) is 18.1 Å². The lowest BCUT2D eigenvalue weighted by Gasteiger charge is -2.37. The van der Waals surface area contributed by atoms with E-state index in [1.54, 1.807) is 25.4 Å². The van der Waals surface area contributed by atoms with Gasteiger partial charge in [0.2, 0.25) is 0 Å². The van der Waals surface area contributed by atoms with Crippen LogP contribution in [0.3, 0.4) is 0 Å². The van der Waals surface area contributed by atoms with Crippen molar-refractivity contribution in [1.29, 1.82) is 5.26 Å². The maximum atomic E-state index is 13.2. The zero-order valence-corrected chi connectivity index (χ0v) is 22.9. The fourth-order valence-corrected chi connectivity index (χ4v) is 5.07. The van der Waals surface area contributed by atoms with Crippen LogP contribution in [0.4, 0.5) is 5.69 Å². The summed E-state index contributed by atoms with van der Waals surface area (Å²) in [5.74, 6) is -0.163. The first-order valence-electron chi connectivity index (χ1n) is 12.9. The molecule has 0 saturated heterocycles. The molecule has 1 saturated carbocycles. The normalized spacial score (nSPS) is 18.2. The van der Waals surface area contributed by atoms with E-state index in [1.807, 2.05) is 50.9 Å². The van der Waals surface area contributed by atoms with Gasteiger partial charge in [0, 0.05) is 32.3 Å². The number of nitrogens with zero attached hydrogens (tertiary/aromatic N) is 6. The lowest BCUT2D eigenvalue weighted by atomic mass is 9.81. The fraction of sp³-hybridized carbons (Fsp3) is 0.448. The molecular weight excluding hydrogens is 480 g/mol. The summed E-state index contributed by atoms with van der Waals surface area (Å²) in [6.07, 6.45) is 5.07. The number of hydrogen-bond donors (Lipinski definition) is 0. The molecule has 9 nitrogen and oxygen atoms in total. The molecule has 1 aliphatic carbocycles. The Balaban J connectivity index is 1.68. The second kappa shape index (κ2) is 10.7. The third-order valence-electron chi connectivity index (χ3n) is 7.01. The van der Waals surface area contributed by atoms with Crippen LogP contribution in [0.2, 0.25) is 0 Å². The van der Waals surface area contributed by atoms with E-state index in [0.29, 0.717) is 16.7 Å². The summed E-state index contributed by atoms with van der Waals surface area (Å²) in [5, 5.41) is 14.0. The smallest absolute Gasteiger partial charge is 0.263 e. The van der Waals surface area contributed by atoms with E-state index in [2.05, 4.69) is 21.2 Å². The van der Waals surface area contributed by atoms with Gasteiger partial charge >= 0.3 is 0 Å². The van der Waals surface area contributed by atoms with Gasteiger partial charge in [-0.15, -0.1) is 0 Å². The van der Waals surface area contributed by atoms with Gasteiger partial charge in [0.1, 0.15) is 34.2 Å². The second-order valence-electron chi connectivity index (χ2n) is 10.8. The highest BCUT2D eigenvalue weighted by atomic mass is 16.6. The Morgan fingerprint density at radius 3 is 2.47 bits per heavy atom. The number of carbonyl (C=O) groups is 1. The first-order valence-corrected chi connectivity index (χ1v) is 12.9. The molecule has 3 aromatic heterocycles. The summed E-state index contributed by atoms with van der Waals surface area (Å²) in [7, 11) is 3.53. The predicted octanol–water partition coefficient (Wildman–Crippen LogP) is 4.62. The Hall–Kier alpha value is -4.06.